The molecule has 0 spiro atoms. The summed E-state index contributed by atoms with van der Waals surface area (Å²) < 4.78 is 13.8. The Morgan fingerprint density at radius 2 is 1.51 bits per heavy atom. The molecule has 2 heterocycles. The van der Waals surface area contributed by atoms with E-state index in [1.54, 1.807) is 14.2 Å². The number of fused-ring (bicyclic) bond motifs is 5. The fourth-order valence-electron chi connectivity index (χ4n) is 6.68. The molecule has 1 aromatic heterocycles. The number of thiazole rings is 1. The number of aromatic nitrogens is 1. The Balaban J connectivity index is 1.42. The van der Waals surface area contributed by atoms with Crippen LogP contribution >= 0.6 is 11.3 Å². The van der Waals surface area contributed by atoms with Crippen LogP contribution < -0.4 is 24.4 Å². The Labute approximate surface area is 252 Å². The molecule has 8 rings (SSSR count). The highest BCUT2D eigenvalue weighted by Crippen LogP contribution is 2.43. The predicted octanol–water partition coefficient (Wildman–Crippen LogP) is 6.64. The second-order valence-electron chi connectivity index (χ2n) is 11.0. The second kappa shape index (κ2) is 10.1. The van der Waals surface area contributed by atoms with E-state index >= 15 is 0 Å². The Morgan fingerprint density at radius 3 is 2.26 bits per heavy atom. The van der Waals surface area contributed by atoms with Gasteiger partial charge in [0.15, 0.2) is 16.3 Å². The van der Waals surface area contributed by atoms with Crippen LogP contribution in [-0.2, 0) is 6.42 Å². The molecule has 0 bridgehead atoms. The highest BCUT2D eigenvalue weighted by atomic mass is 32.1. The first-order valence-corrected chi connectivity index (χ1v) is 15.2. The van der Waals surface area contributed by atoms with Crippen molar-refractivity contribution < 1.29 is 9.47 Å². The van der Waals surface area contributed by atoms with Crippen LogP contribution in [0.2, 0.25) is 0 Å². The number of benzene rings is 5. The number of nitrogens with zero attached hydrogens (tertiary/aromatic N) is 2. The zero-order valence-corrected chi connectivity index (χ0v) is 24.7. The summed E-state index contributed by atoms with van der Waals surface area (Å²) in [5.74, 6) is 1.30. The summed E-state index contributed by atoms with van der Waals surface area (Å²) in [7, 11) is 3.28. The van der Waals surface area contributed by atoms with Crippen LogP contribution in [0.25, 0.3) is 33.3 Å². The molecule has 6 heteroatoms. The molecule has 1 aliphatic heterocycles. The summed E-state index contributed by atoms with van der Waals surface area (Å²) in [4.78, 5) is 20.4. The Kier molecular flexibility index (Phi) is 6.05. The fraction of sp³-hybridized carbons (Fsp3) is 0.135. The Hall–Kier alpha value is -4.94. The van der Waals surface area contributed by atoms with Gasteiger partial charge in [0.25, 0.3) is 5.56 Å². The largest absolute Gasteiger partial charge is 0.493 e. The van der Waals surface area contributed by atoms with E-state index in [2.05, 4.69) is 84.9 Å². The highest BCUT2D eigenvalue weighted by Gasteiger charge is 2.33. The van der Waals surface area contributed by atoms with Crippen LogP contribution in [0.4, 0.5) is 0 Å². The number of rotatable bonds is 4. The number of allylic oxidation sites excluding steroid dienone is 1. The maximum atomic E-state index is 14.5. The molecule has 5 aromatic carbocycles. The Bertz CT molecular complexity index is 2260. The predicted molar refractivity (Wildman–Crippen MR) is 174 cm³/mol. The number of hydrogen-bond donors (Lipinski definition) is 0. The molecule has 0 radical (unpaired) electrons. The van der Waals surface area contributed by atoms with Gasteiger partial charge in [-0.2, -0.15) is 0 Å². The lowest BCUT2D eigenvalue weighted by atomic mass is 9.83. The van der Waals surface area contributed by atoms with Gasteiger partial charge in [-0.3, -0.25) is 9.36 Å². The summed E-state index contributed by atoms with van der Waals surface area (Å²) in [6, 6.07) is 33.1. The lowest BCUT2D eigenvalue weighted by Crippen LogP contribution is -2.38. The normalized spacial score (nSPS) is 16.0. The molecule has 6 aromatic rings. The number of hydrogen-bond acceptors (Lipinski definition) is 5. The molecule has 0 saturated carbocycles. The molecular formula is C37H28N2O3S. The number of aryl methyl sites for hydroxylation is 1. The standard InChI is InChI=1S/C37H28N2O3S/c1-41-31-18-16-25(20-32(31)42-2)35-29-17-15-22-9-3-8-14-28(22)34(29)38-37-39(35)36(40)33(43-37)21-30-26-12-6-4-10-23(26)19-24-11-5-7-13-27(24)30/h3-14,16,18-21,35H,15,17H2,1-2H3/b33-21+. The van der Waals surface area contributed by atoms with Crippen LogP contribution in [0.1, 0.15) is 34.7 Å². The van der Waals surface area contributed by atoms with Gasteiger partial charge in [0, 0.05) is 5.56 Å². The summed E-state index contributed by atoms with van der Waals surface area (Å²) >= 11 is 1.46. The molecular weight excluding hydrogens is 552 g/mol. The zero-order chi connectivity index (χ0) is 29.1. The average molecular weight is 581 g/mol. The third kappa shape index (κ3) is 4.05. The monoisotopic (exact) mass is 580 g/mol. The fourth-order valence-corrected chi connectivity index (χ4v) is 7.66. The molecule has 1 unspecified atom stereocenters. The molecule has 2 aliphatic rings. The maximum absolute atomic E-state index is 14.5. The van der Waals surface area contributed by atoms with Gasteiger partial charge >= 0.3 is 0 Å². The van der Waals surface area contributed by atoms with E-state index in [1.807, 2.05) is 22.8 Å². The van der Waals surface area contributed by atoms with Crippen LogP contribution in [0, 0.1) is 0 Å². The maximum Gasteiger partial charge on any atom is 0.271 e. The van der Waals surface area contributed by atoms with Crippen molar-refractivity contribution in [3.63, 3.8) is 0 Å². The van der Waals surface area contributed by atoms with Crippen LogP contribution in [0.15, 0.2) is 112 Å². The van der Waals surface area contributed by atoms with Crippen molar-refractivity contribution in [3.05, 3.63) is 145 Å². The minimum Gasteiger partial charge on any atom is -0.493 e. The van der Waals surface area contributed by atoms with Crippen LogP contribution in [0.3, 0.4) is 0 Å². The minimum atomic E-state index is -0.300. The first-order valence-electron chi connectivity index (χ1n) is 14.4. The highest BCUT2D eigenvalue weighted by molar-refractivity contribution is 7.07. The lowest BCUT2D eigenvalue weighted by molar-refractivity contribution is 0.354. The SMILES string of the molecule is COc1ccc(C2C3=C(N=c4s/c(=C/c5c6ccccc6cc6ccccc56)c(=O)n42)c2ccccc2CC3)cc1OC. The molecule has 0 fully saturated rings. The summed E-state index contributed by atoms with van der Waals surface area (Å²) in [5.41, 5.74) is 6.55. The number of ether oxygens (including phenoxy) is 2. The molecule has 0 N–H and O–H groups in total. The van der Waals surface area contributed by atoms with Gasteiger partial charge in [-0.25, -0.2) is 4.99 Å². The lowest BCUT2D eigenvalue weighted by Gasteiger charge is -2.31. The topological polar surface area (TPSA) is 52.8 Å². The molecule has 5 nitrogen and oxygen atoms in total. The van der Waals surface area contributed by atoms with E-state index in [4.69, 9.17) is 14.5 Å². The van der Waals surface area contributed by atoms with Gasteiger partial charge in [-0.05, 0) is 80.9 Å². The van der Waals surface area contributed by atoms with E-state index in [0.29, 0.717) is 20.8 Å². The summed E-state index contributed by atoms with van der Waals surface area (Å²) in [6.07, 6.45) is 3.80. The first kappa shape index (κ1) is 25.7. The molecule has 43 heavy (non-hydrogen) atoms. The van der Waals surface area contributed by atoms with Crippen molar-refractivity contribution in [1.82, 2.24) is 4.57 Å². The van der Waals surface area contributed by atoms with Gasteiger partial charge in [-0.15, -0.1) is 0 Å². The van der Waals surface area contributed by atoms with E-state index in [1.165, 1.54) is 16.9 Å². The van der Waals surface area contributed by atoms with Crippen molar-refractivity contribution in [3.8, 4) is 11.5 Å². The van der Waals surface area contributed by atoms with Crippen molar-refractivity contribution in [2.75, 3.05) is 14.2 Å². The molecule has 210 valence electrons. The van der Waals surface area contributed by atoms with Gasteiger partial charge in [0.2, 0.25) is 0 Å². The number of methoxy groups -OCH3 is 2. The smallest absolute Gasteiger partial charge is 0.271 e. The second-order valence-corrected chi connectivity index (χ2v) is 12.0. The average Bonchev–Trinajstić information content (AvgIpc) is 3.37. The first-order chi connectivity index (χ1) is 21.1. The van der Waals surface area contributed by atoms with Gasteiger partial charge in [0.1, 0.15) is 0 Å². The Morgan fingerprint density at radius 1 is 0.814 bits per heavy atom. The van der Waals surface area contributed by atoms with Gasteiger partial charge in [0.05, 0.1) is 30.5 Å². The van der Waals surface area contributed by atoms with Gasteiger partial charge in [-0.1, -0.05) is 90.2 Å². The minimum absolute atomic E-state index is 0.0361. The van der Waals surface area contributed by atoms with E-state index in [-0.39, 0.29) is 11.6 Å². The van der Waals surface area contributed by atoms with Crippen molar-refractivity contribution in [1.29, 1.82) is 0 Å². The molecule has 1 atom stereocenters. The molecule has 0 saturated heterocycles. The van der Waals surface area contributed by atoms with Crippen molar-refractivity contribution >= 4 is 44.7 Å². The van der Waals surface area contributed by atoms with Gasteiger partial charge < -0.3 is 9.47 Å². The van der Waals surface area contributed by atoms with Crippen molar-refractivity contribution in [2.24, 2.45) is 4.99 Å². The molecule has 1 aliphatic carbocycles. The molecule has 0 amide bonds. The quantitative estimate of drug-likeness (QED) is 0.220. The van der Waals surface area contributed by atoms with Crippen LogP contribution in [0.5, 0.6) is 11.5 Å². The summed E-state index contributed by atoms with van der Waals surface area (Å²) in [6.45, 7) is 0. The van der Waals surface area contributed by atoms with Crippen molar-refractivity contribution in [2.45, 2.75) is 18.9 Å². The van der Waals surface area contributed by atoms with E-state index in [0.717, 1.165) is 62.3 Å². The van der Waals surface area contributed by atoms with E-state index in [9.17, 15) is 4.79 Å². The third-order valence-electron chi connectivity index (χ3n) is 8.68. The van der Waals surface area contributed by atoms with Crippen LogP contribution in [-0.4, -0.2) is 18.8 Å². The summed E-state index contributed by atoms with van der Waals surface area (Å²) in [5, 5.41) is 4.54. The zero-order valence-electron chi connectivity index (χ0n) is 23.8. The third-order valence-corrected chi connectivity index (χ3v) is 9.67. The van der Waals surface area contributed by atoms with E-state index < -0.39 is 0 Å².